The molecule has 1 amide bonds. The third-order valence-corrected chi connectivity index (χ3v) is 4.80. The molecule has 1 fully saturated rings. The molecule has 0 radical (unpaired) electrons. The van der Waals surface area contributed by atoms with Crippen molar-refractivity contribution in [1.82, 2.24) is 20.2 Å². The van der Waals surface area contributed by atoms with Crippen LogP contribution in [0.1, 0.15) is 22.5 Å². The van der Waals surface area contributed by atoms with E-state index in [1.165, 1.54) is 19.5 Å². The number of alkyl halides is 1. The number of hydrogen-bond donors (Lipinski definition) is 1. The maximum Gasteiger partial charge on any atom is 2.00 e. The van der Waals surface area contributed by atoms with Crippen molar-refractivity contribution in [3.05, 3.63) is 53.9 Å². The van der Waals surface area contributed by atoms with Crippen LogP contribution in [-0.4, -0.2) is 52.6 Å². The van der Waals surface area contributed by atoms with E-state index in [0.717, 1.165) is 17.0 Å². The first-order chi connectivity index (χ1) is 14.5. The number of hydrogen-bond acceptors (Lipinski definition) is 8. The second kappa shape index (κ2) is 13.8. The molecular weight excluding hydrogens is 683 g/mol. The van der Waals surface area contributed by atoms with Gasteiger partial charge in [0.25, 0.3) is 0 Å². The minimum Gasteiger partial charge on any atom is -0.494 e. The number of carbonyl (C=O) groups is 1. The summed E-state index contributed by atoms with van der Waals surface area (Å²) >= 11 is 7.11. The van der Waals surface area contributed by atoms with Gasteiger partial charge < -0.3 is 22.2 Å². The van der Waals surface area contributed by atoms with Crippen molar-refractivity contribution < 1.29 is 49.8 Å². The van der Waals surface area contributed by atoms with Gasteiger partial charge in [-0.1, -0.05) is 17.1 Å². The average Bonchev–Trinajstić information content (AvgIpc) is 3.42. The first-order valence-electron chi connectivity index (χ1n) is 8.87. The first kappa shape index (κ1) is 28.4. The van der Waals surface area contributed by atoms with E-state index in [2.05, 4.69) is 35.7 Å². The molecule has 0 aliphatic carbocycles. The van der Waals surface area contributed by atoms with Crippen LogP contribution in [0.5, 0.6) is 5.75 Å². The predicted octanol–water partition coefficient (Wildman–Crippen LogP) is 4.21. The summed E-state index contributed by atoms with van der Waals surface area (Å²) in [5.74, 6) is 0.140. The zero-order chi connectivity index (χ0) is 21.5. The molecule has 1 aliphatic heterocycles. The van der Waals surface area contributed by atoms with Gasteiger partial charge in [-0.25, -0.2) is 14.5 Å². The van der Waals surface area contributed by atoms with Crippen LogP contribution in [0.15, 0.2) is 24.5 Å². The molecule has 1 atom stereocenters. The molecule has 4 heterocycles. The number of aryl methyl sites for hydroxylation is 1. The quantitative estimate of drug-likeness (QED) is 0.321. The minimum atomic E-state index is -0.676. The molecule has 3 aromatic heterocycles. The maximum absolute atomic E-state index is 12.6. The largest absolute Gasteiger partial charge is 2.00 e. The van der Waals surface area contributed by atoms with Crippen LogP contribution < -0.4 is 10.1 Å². The summed E-state index contributed by atoms with van der Waals surface area (Å²) in [6, 6.07) is 3.43. The van der Waals surface area contributed by atoms with E-state index in [0.29, 0.717) is 52.4 Å². The van der Waals surface area contributed by atoms with Gasteiger partial charge in [0.15, 0.2) is 0 Å². The fraction of sp³-hybridized carbons (Fsp3) is 0.300. The molecule has 12 heteroatoms. The van der Waals surface area contributed by atoms with Crippen molar-refractivity contribution in [2.45, 2.75) is 19.5 Å². The maximum atomic E-state index is 12.6. The van der Waals surface area contributed by atoms with E-state index in [-0.39, 0.29) is 44.4 Å². The zero-order valence-corrected chi connectivity index (χ0v) is 23.4. The molecule has 168 valence electrons. The second-order valence-electron chi connectivity index (χ2n) is 6.19. The molecule has 0 saturated carbocycles. The smallest absolute Gasteiger partial charge is 0.494 e. The van der Waals surface area contributed by atoms with Gasteiger partial charge in [-0.05, 0) is 19.1 Å². The topological polar surface area (TPSA) is 99.1 Å². The van der Waals surface area contributed by atoms with Gasteiger partial charge >= 0.3 is 31.1 Å². The number of amides is 1. The Kier molecular flexibility index (Phi) is 12.3. The third-order valence-electron chi connectivity index (χ3n) is 4.05. The van der Waals surface area contributed by atoms with Crippen LogP contribution in [0.3, 0.4) is 0 Å². The van der Waals surface area contributed by atoms with Crippen LogP contribution in [-0.2, 0) is 4.74 Å². The van der Waals surface area contributed by atoms with Crippen LogP contribution in [0.2, 0.25) is 5.15 Å². The molecule has 0 spiro atoms. The summed E-state index contributed by atoms with van der Waals surface area (Å²) in [7, 11) is 1.53. The Morgan fingerprint density at radius 3 is 2.69 bits per heavy atom. The Morgan fingerprint density at radius 1 is 1.34 bits per heavy atom. The van der Waals surface area contributed by atoms with E-state index in [4.69, 9.17) is 16.3 Å². The molecule has 8 nitrogen and oxygen atoms in total. The Morgan fingerprint density at radius 2 is 2.12 bits per heavy atom. The Hall–Kier alpha value is -1.64. The summed E-state index contributed by atoms with van der Waals surface area (Å²) in [5.41, 5.74) is 4.96. The third kappa shape index (κ3) is 7.74. The van der Waals surface area contributed by atoms with E-state index in [1.54, 1.807) is 12.1 Å². The number of anilines is 1. The molecule has 1 N–H and O–H groups in total. The van der Waals surface area contributed by atoms with Crippen LogP contribution in [0.25, 0.3) is 11.1 Å². The number of carbonyl (C=O) groups excluding carboxylic acids is 1. The molecular formula is C20H21ClFN5O3SU. The molecule has 0 bridgehead atoms. The Labute approximate surface area is 218 Å². The molecule has 4 rings (SSSR count). The number of nitrogens with zero attached hydrogens (tertiary/aromatic N) is 4. The number of ether oxygens (including phenoxy) is 2. The number of nitrogens with one attached hydrogen (secondary N) is 1. The first-order valence-corrected chi connectivity index (χ1v) is 10.1. The number of halogens is 2. The molecule has 1 saturated heterocycles. The fourth-order valence-corrected chi connectivity index (χ4v) is 3.18. The summed E-state index contributed by atoms with van der Waals surface area (Å²) in [4.78, 5) is 20.8. The van der Waals surface area contributed by atoms with E-state index in [1.807, 2.05) is 6.92 Å². The zero-order valence-electron chi connectivity index (χ0n) is 17.7. The SMILES string of the molecule is COc1cnc(Cl)cc1-c1cc(C)ncc1C(=O)Nc1nn[c-]s1.FC1CCOC1.[CH3-].[U+2]. The Balaban J connectivity index is 0.000000557. The van der Waals surface area contributed by atoms with Gasteiger partial charge in [0.2, 0.25) is 5.91 Å². The predicted molar refractivity (Wildman–Crippen MR) is 117 cm³/mol. The van der Waals surface area contributed by atoms with Gasteiger partial charge in [-0.2, -0.15) is 0 Å². The molecule has 1 unspecified atom stereocenters. The van der Waals surface area contributed by atoms with Crippen molar-refractivity contribution in [3.8, 4) is 16.9 Å². The van der Waals surface area contributed by atoms with Crippen molar-refractivity contribution in [2.24, 2.45) is 0 Å². The molecule has 3 aromatic rings. The van der Waals surface area contributed by atoms with Crippen molar-refractivity contribution in [3.63, 3.8) is 0 Å². The molecule has 32 heavy (non-hydrogen) atoms. The van der Waals surface area contributed by atoms with Crippen molar-refractivity contribution in [1.29, 1.82) is 0 Å². The van der Waals surface area contributed by atoms with Gasteiger partial charge in [0.1, 0.15) is 17.1 Å². The summed E-state index contributed by atoms with van der Waals surface area (Å²) in [6.07, 6.45) is 2.93. The van der Waals surface area contributed by atoms with Gasteiger partial charge in [-0.15, -0.1) is 0 Å². The summed E-state index contributed by atoms with van der Waals surface area (Å²) in [5, 5.41) is 10.6. The van der Waals surface area contributed by atoms with Gasteiger partial charge in [0, 0.05) is 36.0 Å². The number of methoxy groups -OCH3 is 1. The standard InChI is InChI=1S/C15H11ClN5O2S.C4H7FO.CH3.U/c1-8-3-9(10-4-13(16)18-6-12(10)23-2)11(5-17-8)14(22)20-15-21-19-7-24-15;5-4-1-2-6-3-4;;/h3-6H,1-2H3,(H,20,21,22);4H,1-3H2;1H3;/q-1;;-1;+2. The van der Waals surface area contributed by atoms with E-state index < -0.39 is 6.17 Å². The van der Waals surface area contributed by atoms with Crippen LogP contribution in [0, 0.1) is 51.0 Å². The van der Waals surface area contributed by atoms with Crippen LogP contribution in [0.4, 0.5) is 9.52 Å². The average molecular weight is 704 g/mol. The fourth-order valence-electron chi connectivity index (χ4n) is 2.62. The van der Waals surface area contributed by atoms with E-state index >= 15 is 0 Å². The van der Waals surface area contributed by atoms with Crippen molar-refractivity contribution >= 4 is 34.0 Å². The van der Waals surface area contributed by atoms with Gasteiger partial charge in [0.05, 0.1) is 30.6 Å². The Bertz CT molecular complexity index is 1010. The summed E-state index contributed by atoms with van der Waals surface area (Å²) < 4.78 is 21.8. The molecule has 0 aromatic carbocycles. The summed E-state index contributed by atoms with van der Waals surface area (Å²) in [6.45, 7) is 2.77. The van der Waals surface area contributed by atoms with Gasteiger partial charge in [-0.3, -0.25) is 26.2 Å². The normalized spacial score (nSPS) is 14.3. The second-order valence-corrected chi connectivity index (χ2v) is 7.35. The molecule has 1 aliphatic rings. The number of pyridine rings is 2. The minimum absolute atomic E-state index is 0. The number of rotatable bonds is 4. The number of aromatic nitrogens is 4. The van der Waals surface area contributed by atoms with E-state index in [9.17, 15) is 9.18 Å². The monoisotopic (exact) mass is 703 g/mol. The van der Waals surface area contributed by atoms with Crippen LogP contribution >= 0.6 is 22.9 Å². The van der Waals surface area contributed by atoms with Crippen molar-refractivity contribution in [2.75, 3.05) is 25.6 Å².